The monoisotopic (exact) mass is 440 g/mol. The molecule has 0 saturated carbocycles. The summed E-state index contributed by atoms with van der Waals surface area (Å²) in [4.78, 5) is 7.54. The van der Waals surface area contributed by atoms with Crippen LogP contribution in [-0.2, 0) is 13.0 Å². The van der Waals surface area contributed by atoms with E-state index in [0.29, 0.717) is 0 Å². The Morgan fingerprint density at radius 3 is 2.70 bits per heavy atom. The molecule has 6 heteroatoms. The van der Waals surface area contributed by atoms with Crippen LogP contribution in [0.4, 0.5) is 5.95 Å². The number of aryl methyl sites for hydroxylation is 3. The lowest BCUT2D eigenvalue weighted by molar-refractivity contribution is 0.348. The van der Waals surface area contributed by atoms with Crippen molar-refractivity contribution in [1.29, 1.82) is 0 Å². The number of rotatable bonds is 1. The highest BCUT2D eigenvalue weighted by Gasteiger charge is 2.31. The number of hydrogen-bond donors (Lipinski definition) is 1. The van der Waals surface area contributed by atoms with E-state index < -0.39 is 0 Å². The molecule has 0 amide bonds. The van der Waals surface area contributed by atoms with E-state index in [9.17, 15) is 0 Å². The van der Waals surface area contributed by atoms with Gasteiger partial charge in [-0.3, -0.25) is 0 Å². The van der Waals surface area contributed by atoms with E-state index in [4.69, 9.17) is 4.98 Å². The first-order valence-electron chi connectivity index (χ1n) is 8.26. The molecule has 2 aliphatic heterocycles. The summed E-state index contributed by atoms with van der Waals surface area (Å²) in [5, 5.41) is 3.59. The molecule has 0 radical (unpaired) electrons. The van der Waals surface area contributed by atoms with Crippen LogP contribution in [0.1, 0.15) is 31.4 Å². The second kappa shape index (κ2) is 5.46. The highest BCUT2D eigenvalue weighted by molar-refractivity contribution is 9.13. The molecule has 1 aromatic carbocycles. The molecule has 1 saturated heterocycles. The number of benzene rings is 1. The molecule has 4 rings (SSSR count). The second-order valence-electron chi connectivity index (χ2n) is 7.33. The van der Waals surface area contributed by atoms with Crippen molar-refractivity contribution in [3.05, 3.63) is 20.1 Å². The summed E-state index contributed by atoms with van der Waals surface area (Å²) >= 11 is 7.54. The van der Waals surface area contributed by atoms with Crippen molar-refractivity contribution in [2.24, 2.45) is 0 Å². The lowest BCUT2D eigenvalue weighted by Gasteiger charge is -2.40. The fourth-order valence-corrected chi connectivity index (χ4v) is 5.03. The summed E-state index contributed by atoms with van der Waals surface area (Å²) in [5.41, 5.74) is 5.24. The highest BCUT2D eigenvalue weighted by atomic mass is 79.9. The first-order valence-corrected chi connectivity index (χ1v) is 9.84. The number of anilines is 1. The summed E-state index contributed by atoms with van der Waals surface area (Å²) < 4.78 is 4.80. The molecule has 0 aliphatic carbocycles. The second-order valence-corrected chi connectivity index (χ2v) is 8.91. The van der Waals surface area contributed by atoms with Crippen LogP contribution >= 0.6 is 31.9 Å². The van der Waals surface area contributed by atoms with Gasteiger partial charge in [-0.25, -0.2) is 4.98 Å². The lowest BCUT2D eigenvalue weighted by Crippen LogP contribution is -2.57. The van der Waals surface area contributed by atoms with E-state index in [2.05, 4.69) is 67.4 Å². The maximum Gasteiger partial charge on any atom is 0.206 e. The smallest absolute Gasteiger partial charge is 0.206 e. The van der Waals surface area contributed by atoms with E-state index in [1.807, 2.05) is 0 Å². The van der Waals surface area contributed by atoms with Gasteiger partial charge in [0.2, 0.25) is 5.95 Å². The number of piperazine rings is 1. The molecule has 0 atom stereocenters. The summed E-state index contributed by atoms with van der Waals surface area (Å²) in [5.74, 6) is 1.14. The Labute approximate surface area is 153 Å². The average Bonchev–Trinajstić information content (AvgIpc) is 2.90. The normalized spacial score (nSPS) is 20.3. The third kappa shape index (κ3) is 2.45. The summed E-state index contributed by atoms with van der Waals surface area (Å²) in [6.45, 7) is 10.8. The Hall–Kier alpha value is -0.590. The minimum atomic E-state index is 0.129. The largest absolute Gasteiger partial charge is 0.339 e. The molecule has 1 fully saturated rings. The van der Waals surface area contributed by atoms with Gasteiger partial charge in [0.25, 0.3) is 0 Å². The molecule has 124 valence electrons. The number of imidazole rings is 1. The summed E-state index contributed by atoms with van der Waals surface area (Å²) in [7, 11) is 0. The summed E-state index contributed by atoms with van der Waals surface area (Å²) in [6.07, 6.45) is 2.29. The van der Waals surface area contributed by atoms with Crippen LogP contribution in [0.15, 0.2) is 8.95 Å². The zero-order chi connectivity index (χ0) is 16.4. The molecule has 2 aromatic rings. The molecule has 0 unspecified atom stereocenters. The maximum atomic E-state index is 5.09. The number of hydrogen-bond acceptors (Lipinski definition) is 3. The van der Waals surface area contributed by atoms with Crippen LogP contribution in [-0.4, -0.2) is 34.7 Å². The third-order valence-corrected chi connectivity index (χ3v) is 7.44. The first kappa shape index (κ1) is 15.9. The fourth-order valence-electron chi connectivity index (χ4n) is 3.92. The standard InChI is InChI=1S/C17H22Br2N4/c1-10-12(18)13(19)11-5-4-7-23-15(11)14(10)21-16(23)22-8-6-20-17(2,3)9-22/h20H,4-9H2,1-3H3. The van der Waals surface area contributed by atoms with Crippen molar-refractivity contribution < 1.29 is 0 Å². The SMILES string of the molecule is Cc1c(Br)c(Br)c2c3c1nc(N1CCNC(C)(C)C1)n3CCC2. The quantitative estimate of drug-likeness (QED) is 0.725. The number of aromatic nitrogens is 2. The Kier molecular flexibility index (Phi) is 3.78. The van der Waals surface area contributed by atoms with Gasteiger partial charge in [-0.15, -0.1) is 0 Å². The molecule has 1 aromatic heterocycles. The molecule has 4 nitrogen and oxygen atoms in total. The zero-order valence-electron chi connectivity index (χ0n) is 13.8. The lowest BCUT2D eigenvalue weighted by atomic mass is 10.0. The van der Waals surface area contributed by atoms with Crippen molar-refractivity contribution in [2.75, 3.05) is 24.5 Å². The average molecular weight is 442 g/mol. The van der Waals surface area contributed by atoms with E-state index in [0.717, 1.165) is 48.5 Å². The number of nitrogens with one attached hydrogen (secondary N) is 1. The Morgan fingerprint density at radius 1 is 1.17 bits per heavy atom. The van der Waals surface area contributed by atoms with Crippen LogP contribution in [0.25, 0.3) is 11.0 Å². The molecular formula is C17H22Br2N4. The maximum absolute atomic E-state index is 5.09. The van der Waals surface area contributed by atoms with Crippen molar-refractivity contribution in [3.63, 3.8) is 0 Å². The van der Waals surface area contributed by atoms with Gasteiger partial charge in [0, 0.05) is 40.7 Å². The molecule has 3 heterocycles. The van der Waals surface area contributed by atoms with Gasteiger partial charge >= 0.3 is 0 Å². The van der Waals surface area contributed by atoms with E-state index in [1.165, 1.54) is 27.5 Å². The van der Waals surface area contributed by atoms with Gasteiger partial charge in [0.05, 0.1) is 11.0 Å². The van der Waals surface area contributed by atoms with Crippen LogP contribution in [0.5, 0.6) is 0 Å². The topological polar surface area (TPSA) is 33.1 Å². The highest BCUT2D eigenvalue weighted by Crippen LogP contribution is 2.41. The van der Waals surface area contributed by atoms with Crippen molar-refractivity contribution in [3.8, 4) is 0 Å². The van der Waals surface area contributed by atoms with Gasteiger partial charge in [0.15, 0.2) is 0 Å². The number of nitrogens with zero attached hydrogens (tertiary/aromatic N) is 3. The van der Waals surface area contributed by atoms with Crippen LogP contribution < -0.4 is 10.2 Å². The zero-order valence-corrected chi connectivity index (χ0v) is 17.0. The molecular weight excluding hydrogens is 420 g/mol. The van der Waals surface area contributed by atoms with Crippen molar-refractivity contribution in [1.82, 2.24) is 14.9 Å². The molecule has 2 aliphatic rings. The first-order chi connectivity index (χ1) is 10.9. The predicted molar refractivity (Wildman–Crippen MR) is 102 cm³/mol. The third-order valence-electron chi connectivity index (χ3n) is 5.04. The Morgan fingerprint density at radius 2 is 1.96 bits per heavy atom. The van der Waals surface area contributed by atoms with Crippen molar-refractivity contribution in [2.45, 2.75) is 45.7 Å². The Bertz CT molecular complexity index is 794. The predicted octanol–water partition coefficient (Wildman–Crippen LogP) is 4.00. The summed E-state index contributed by atoms with van der Waals surface area (Å²) in [6, 6.07) is 0. The van der Waals surface area contributed by atoms with Gasteiger partial charge in [-0.05, 0) is 76.6 Å². The van der Waals surface area contributed by atoms with E-state index in [1.54, 1.807) is 0 Å². The van der Waals surface area contributed by atoms with Gasteiger partial charge < -0.3 is 14.8 Å². The van der Waals surface area contributed by atoms with E-state index in [-0.39, 0.29) is 5.54 Å². The molecule has 1 N–H and O–H groups in total. The van der Waals surface area contributed by atoms with Crippen LogP contribution in [0.2, 0.25) is 0 Å². The minimum Gasteiger partial charge on any atom is -0.339 e. The Balaban J connectivity index is 1.93. The van der Waals surface area contributed by atoms with Crippen molar-refractivity contribution >= 4 is 48.8 Å². The molecule has 0 bridgehead atoms. The fraction of sp³-hybridized carbons (Fsp3) is 0.588. The van der Waals surface area contributed by atoms with Gasteiger partial charge in [-0.2, -0.15) is 0 Å². The molecule has 0 spiro atoms. The van der Waals surface area contributed by atoms with Gasteiger partial charge in [-0.1, -0.05) is 0 Å². The van der Waals surface area contributed by atoms with Crippen LogP contribution in [0.3, 0.4) is 0 Å². The number of halogens is 2. The van der Waals surface area contributed by atoms with Crippen LogP contribution in [0, 0.1) is 6.92 Å². The minimum absolute atomic E-state index is 0.129. The van der Waals surface area contributed by atoms with Gasteiger partial charge in [0.1, 0.15) is 0 Å². The van der Waals surface area contributed by atoms with E-state index >= 15 is 0 Å². The molecule has 23 heavy (non-hydrogen) atoms.